The number of aryl methyl sites for hydroxylation is 1. The molecule has 102 valence electrons. The van der Waals surface area contributed by atoms with Gasteiger partial charge < -0.3 is 14.5 Å². The molecule has 0 bridgehead atoms. The van der Waals surface area contributed by atoms with Crippen LogP contribution in [-0.4, -0.2) is 25.2 Å². The molecule has 0 atom stereocenters. The molecule has 0 saturated carbocycles. The van der Waals surface area contributed by atoms with Crippen molar-refractivity contribution in [1.29, 1.82) is 0 Å². The monoisotopic (exact) mass is 260 g/mol. The summed E-state index contributed by atoms with van der Waals surface area (Å²) in [6.07, 6.45) is 4.65. The van der Waals surface area contributed by atoms with Crippen molar-refractivity contribution >= 4 is 11.1 Å². The lowest BCUT2D eigenvalue weighted by Gasteiger charge is -2.21. The zero-order chi connectivity index (χ0) is 13.1. The van der Waals surface area contributed by atoms with Gasteiger partial charge in [-0.15, -0.1) is 0 Å². The Balaban J connectivity index is 1.67. The van der Waals surface area contributed by atoms with Crippen LogP contribution in [-0.2, 0) is 6.42 Å². The Morgan fingerprint density at radius 2 is 2.21 bits per heavy atom. The molecule has 1 aliphatic heterocycles. The molecule has 1 saturated heterocycles. The molecule has 3 rings (SSSR count). The van der Waals surface area contributed by atoms with Crippen LogP contribution in [0.2, 0.25) is 0 Å². The normalized spacial score (nSPS) is 16.9. The summed E-state index contributed by atoms with van der Waals surface area (Å²) in [6, 6.07) is 5.76. The minimum atomic E-state index is 0.811. The highest BCUT2D eigenvalue weighted by atomic mass is 16.5. The van der Waals surface area contributed by atoms with Gasteiger partial charge in [-0.05, 0) is 50.4 Å². The Morgan fingerprint density at radius 3 is 3.00 bits per heavy atom. The predicted molar refractivity (Wildman–Crippen MR) is 74.5 cm³/mol. The molecule has 1 N–H and O–H groups in total. The summed E-state index contributed by atoms with van der Waals surface area (Å²) in [5.41, 5.74) is 1.74. The zero-order valence-electron chi connectivity index (χ0n) is 11.3. The van der Waals surface area contributed by atoms with Crippen LogP contribution in [0.15, 0.2) is 22.6 Å². The Labute approximate surface area is 113 Å². The van der Waals surface area contributed by atoms with Crippen molar-refractivity contribution in [2.24, 2.45) is 5.92 Å². The summed E-state index contributed by atoms with van der Waals surface area (Å²) in [7, 11) is 1.67. The van der Waals surface area contributed by atoms with Gasteiger partial charge in [0.05, 0.1) is 7.11 Å². The molecule has 1 fully saturated rings. The molecule has 1 aliphatic rings. The Hall–Kier alpha value is -1.55. The number of ether oxygens (including phenoxy) is 1. The first kappa shape index (κ1) is 12.5. The quantitative estimate of drug-likeness (QED) is 0.918. The average molecular weight is 260 g/mol. The third kappa shape index (κ3) is 2.89. The Bertz CT molecular complexity index is 544. The van der Waals surface area contributed by atoms with E-state index in [2.05, 4.69) is 10.3 Å². The largest absolute Gasteiger partial charge is 0.497 e. The molecule has 19 heavy (non-hydrogen) atoms. The van der Waals surface area contributed by atoms with Crippen LogP contribution in [0.5, 0.6) is 5.75 Å². The van der Waals surface area contributed by atoms with E-state index in [-0.39, 0.29) is 0 Å². The maximum atomic E-state index is 5.78. The van der Waals surface area contributed by atoms with Crippen LogP contribution in [0.4, 0.5) is 0 Å². The van der Waals surface area contributed by atoms with Gasteiger partial charge in [0.1, 0.15) is 11.3 Å². The fraction of sp³-hybridized carbons (Fsp3) is 0.533. The molecule has 0 amide bonds. The number of hydrogen-bond donors (Lipinski definition) is 1. The molecular weight excluding hydrogens is 240 g/mol. The van der Waals surface area contributed by atoms with Gasteiger partial charge in [-0.25, -0.2) is 4.98 Å². The van der Waals surface area contributed by atoms with Crippen LogP contribution in [0.1, 0.15) is 25.2 Å². The van der Waals surface area contributed by atoms with Gasteiger partial charge in [0.25, 0.3) is 0 Å². The van der Waals surface area contributed by atoms with Crippen molar-refractivity contribution in [3.63, 3.8) is 0 Å². The topological polar surface area (TPSA) is 47.3 Å². The number of piperidine rings is 1. The fourth-order valence-corrected chi connectivity index (χ4v) is 2.69. The lowest BCUT2D eigenvalue weighted by molar-refractivity contribution is 0.343. The van der Waals surface area contributed by atoms with Gasteiger partial charge in [-0.2, -0.15) is 0 Å². The molecule has 4 heteroatoms. The number of fused-ring (bicyclic) bond motifs is 1. The molecule has 2 aromatic rings. The first-order chi connectivity index (χ1) is 9.35. The summed E-state index contributed by atoms with van der Waals surface area (Å²) < 4.78 is 11.0. The summed E-state index contributed by atoms with van der Waals surface area (Å²) in [5, 5.41) is 3.39. The highest BCUT2D eigenvalue weighted by Gasteiger charge is 2.14. The third-order valence-corrected chi connectivity index (χ3v) is 3.86. The summed E-state index contributed by atoms with van der Waals surface area (Å²) in [6.45, 7) is 2.30. The van der Waals surface area contributed by atoms with Crippen LogP contribution in [0, 0.1) is 5.92 Å². The van der Waals surface area contributed by atoms with E-state index < -0.39 is 0 Å². The number of methoxy groups -OCH3 is 1. The third-order valence-electron chi connectivity index (χ3n) is 3.86. The molecular formula is C15H20N2O2. The molecule has 0 aliphatic carbocycles. The fourth-order valence-electron chi connectivity index (χ4n) is 2.69. The van der Waals surface area contributed by atoms with Crippen LogP contribution < -0.4 is 10.1 Å². The van der Waals surface area contributed by atoms with E-state index in [0.29, 0.717) is 0 Å². The van der Waals surface area contributed by atoms with Crippen LogP contribution in [0.25, 0.3) is 11.1 Å². The van der Waals surface area contributed by atoms with Crippen LogP contribution >= 0.6 is 0 Å². The van der Waals surface area contributed by atoms with Crippen molar-refractivity contribution in [2.75, 3.05) is 20.2 Å². The number of oxazole rings is 1. The Kier molecular flexibility index (Phi) is 3.69. The van der Waals surface area contributed by atoms with Crippen molar-refractivity contribution in [2.45, 2.75) is 25.7 Å². The number of nitrogens with zero attached hydrogens (tertiary/aromatic N) is 1. The number of benzene rings is 1. The van der Waals surface area contributed by atoms with Crippen molar-refractivity contribution in [3.8, 4) is 5.75 Å². The highest BCUT2D eigenvalue weighted by molar-refractivity contribution is 5.74. The molecule has 0 spiro atoms. The number of rotatable bonds is 4. The molecule has 2 heterocycles. The van der Waals surface area contributed by atoms with E-state index in [4.69, 9.17) is 9.15 Å². The minimum absolute atomic E-state index is 0.811. The maximum Gasteiger partial charge on any atom is 0.195 e. The van der Waals surface area contributed by atoms with E-state index in [1.807, 2.05) is 18.2 Å². The summed E-state index contributed by atoms with van der Waals surface area (Å²) in [5.74, 6) is 2.48. The molecule has 0 unspecified atom stereocenters. The smallest absolute Gasteiger partial charge is 0.195 e. The second-order valence-electron chi connectivity index (χ2n) is 5.17. The second kappa shape index (κ2) is 5.61. The SMILES string of the molecule is COc1ccc2oc(CCC3CCNCC3)nc2c1. The lowest BCUT2D eigenvalue weighted by Crippen LogP contribution is -2.27. The maximum absolute atomic E-state index is 5.78. The molecule has 4 nitrogen and oxygen atoms in total. The average Bonchev–Trinajstić information content (AvgIpc) is 2.88. The summed E-state index contributed by atoms with van der Waals surface area (Å²) in [4.78, 5) is 4.54. The molecule has 1 aromatic carbocycles. The van der Waals surface area contributed by atoms with E-state index >= 15 is 0 Å². The molecule has 1 aromatic heterocycles. The van der Waals surface area contributed by atoms with Gasteiger partial charge in [0.2, 0.25) is 0 Å². The standard InChI is InChI=1S/C15H20N2O2/c1-18-12-3-4-14-13(10-12)17-15(19-14)5-2-11-6-8-16-9-7-11/h3-4,10-11,16H,2,5-9H2,1H3. The van der Waals surface area contributed by atoms with Crippen molar-refractivity contribution < 1.29 is 9.15 Å². The van der Waals surface area contributed by atoms with Gasteiger partial charge >= 0.3 is 0 Å². The number of nitrogens with one attached hydrogen (secondary N) is 1. The van der Waals surface area contributed by atoms with Gasteiger partial charge in [-0.3, -0.25) is 0 Å². The first-order valence-electron chi connectivity index (χ1n) is 6.99. The predicted octanol–water partition coefficient (Wildman–Crippen LogP) is 2.77. The van der Waals surface area contributed by atoms with Gasteiger partial charge in [0.15, 0.2) is 11.5 Å². The lowest BCUT2D eigenvalue weighted by atomic mass is 9.93. The van der Waals surface area contributed by atoms with E-state index in [1.54, 1.807) is 7.11 Å². The van der Waals surface area contributed by atoms with E-state index in [9.17, 15) is 0 Å². The molecule has 0 radical (unpaired) electrons. The number of aromatic nitrogens is 1. The Morgan fingerprint density at radius 1 is 1.37 bits per heavy atom. The highest BCUT2D eigenvalue weighted by Crippen LogP contribution is 2.23. The van der Waals surface area contributed by atoms with Crippen LogP contribution in [0.3, 0.4) is 0 Å². The first-order valence-corrected chi connectivity index (χ1v) is 6.99. The van der Waals surface area contributed by atoms with E-state index in [0.717, 1.165) is 48.2 Å². The van der Waals surface area contributed by atoms with Crippen molar-refractivity contribution in [3.05, 3.63) is 24.1 Å². The van der Waals surface area contributed by atoms with E-state index in [1.165, 1.54) is 19.3 Å². The second-order valence-corrected chi connectivity index (χ2v) is 5.17. The number of hydrogen-bond acceptors (Lipinski definition) is 4. The van der Waals surface area contributed by atoms with Gasteiger partial charge in [-0.1, -0.05) is 0 Å². The minimum Gasteiger partial charge on any atom is -0.497 e. The zero-order valence-corrected chi connectivity index (χ0v) is 11.3. The van der Waals surface area contributed by atoms with Crippen molar-refractivity contribution in [1.82, 2.24) is 10.3 Å². The summed E-state index contributed by atoms with van der Waals surface area (Å²) >= 11 is 0. The van der Waals surface area contributed by atoms with Gasteiger partial charge in [0, 0.05) is 12.5 Å².